The highest BCUT2D eigenvalue weighted by atomic mass is 127. The Bertz CT molecular complexity index is 443. The number of aromatic nitrogens is 2. The van der Waals surface area contributed by atoms with Crippen LogP contribution in [0.3, 0.4) is 0 Å². The molecule has 11 heavy (non-hydrogen) atoms. The fourth-order valence-electron chi connectivity index (χ4n) is 1.02. The van der Waals surface area contributed by atoms with Crippen molar-refractivity contribution in [3.8, 4) is 0 Å². The Kier molecular flexibility index (Phi) is 1.49. The smallest absolute Gasteiger partial charge is 0.256 e. The van der Waals surface area contributed by atoms with Gasteiger partial charge in [-0.15, -0.1) is 0 Å². The summed E-state index contributed by atoms with van der Waals surface area (Å²) in [6.45, 7) is 0. The second-order valence-electron chi connectivity index (χ2n) is 2.20. The maximum atomic E-state index is 11.1. The lowest BCUT2D eigenvalue weighted by Gasteiger charge is -1.91. The van der Waals surface area contributed by atoms with Crippen LogP contribution in [0, 0.1) is 0 Å². The highest BCUT2D eigenvalue weighted by Crippen LogP contribution is 2.04. The topological polar surface area (TPSA) is 26.4 Å². The molecule has 0 radical (unpaired) electrons. The van der Waals surface area contributed by atoms with Gasteiger partial charge in [-0.3, -0.25) is 12.0 Å². The summed E-state index contributed by atoms with van der Waals surface area (Å²) in [5.74, 6) is 0. The Labute approximate surface area is 76.8 Å². The minimum absolute atomic E-state index is 0.0120. The molecule has 2 aromatic heterocycles. The molecule has 0 saturated carbocycles. The molecule has 0 bridgehead atoms. The van der Waals surface area contributed by atoms with Gasteiger partial charge in [0.1, 0.15) is 5.65 Å². The van der Waals surface area contributed by atoms with Crippen LogP contribution in [0.2, 0.25) is 0 Å². The van der Waals surface area contributed by atoms with E-state index in [0.717, 1.165) is 5.65 Å². The molecule has 0 unspecified atom stereocenters. The lowest BCUT2D eigenvalue weighted by atomic mass is 10.5. The van der Waals surface area contributed by atoms with E-state index in [1.54, 1.807) is 22.7 Å². The van der Waals surface area contributed by atoms with Gasteiger partial charge in [0.25, 0.3) is 5.56 Å². The zero-order valence-electron chi connectivity index (χ0n) is 5.57. The van der Waals surface area contributed by atoms with Crippen LogP contribution in [-0.2, 0) is 0 Å². The third-order valence-electron chi connectivity index (χ3n) is 1.53. The van der Waals surface area contributed by atoms with Crippen molar-refractivity contribution in [2.24, 2.45) is 0 Å². The molecule has 0 spiro atoms. The summed E-state index contributed by atoms with van der Waals surface area (Å²) < 4.78 is 3.48. The lowest BCUT2D eigenvalue weighted by molar-refractivity contribution is 1.11. The SMILES string of the molecule is O=c1cccc2n(I)ccn12. The summed E-state index contributed by atoms with van der Waals surface area (Å²) in [4.78, 5) is 11.1. The third kappa shape index (κ3) is 0.973. The third-order valence-corrected chi connectivity index (χ3v) is 2.35. The molecule has 0 aromatic carbocycles. The van der Waals surface area contributed by atoms with E-state index in [0.29, 0.717) is 0 Å². The van der Waals surface area contributed by atoms with Crippen LogP contribution in [0.25, 0.3) is 5.65 Å². The van der Waals surface area contributed by atoms with Crippen LogP contribution in [0.5, 0.6) is 0 Å². The van der Waals surface area contributed by atoms with Crippen molar-refractivity contribution in [1.82, 2.24) is 7.18 Å². The highest BCUT2D eigenvalue weighted by Gasteiger charge is 1.96. The summed E-state index contributed by atoms with van der Waals surface area (Å²) >= 11 is 2.13. The Morgan fingerprint density at radius 2 is 2.09 bits per heavy atom. The average Bonchev–Trinajstić information content (AvgIpc) is 2.35. The Morgan fingerprint density at radius 1 is 1.27 bits per heavy atom. The van der Waals surface area contributed by atoms with Gasteiger partial charge in [0.15, 0.2) is 0 Å². The van der Waals surface area contributed by atoms with Crippen molar-refractivity contribution in [3.63, 3.8) is 0 Å². The molecule has 2 rings (SSSR count). The molecule has 0 saturated heterocycles. The number of fused-ring (bicyclic) bond motifs is 1. The quantitative estimate of drug-likeness (QED) is 0.656. The molecular formula is C7H5IN2O. The molecule has 2 aromatic rings. The van der Waals surface area contributed by atoms with Gasteiger partial charge in [-0.1, -0.05) is 6.07 Å². The van der Waals surface area contributed by atoms with E-state index >= 15 is 0 Å². The Morgan fingerprint density at radius 3 is 2.82 bits per heavy atom. The van der Waals surface area contributed by atoms with E-state index in [-0.39, 0.29) is 5.56 Å². The minimum atomic E-state index is 0.0120. The number of halogens is 1. The lowest BCUT2D eigenvalue weighted by Crippen LogP contribution is -2.08. The number of hydrogen-bond donors (Lipinski definition) is 0. The van der Waals surface area contributed by atoms with Gasteiger partial charge in [-0.25, -0.2) is 0 Å². The van der Waals surface area contributed by atoms with Crippen molar-refractivity contribution >= 4 is 28.5 Å². The maximum absolute atomic E-state index is 11.1. The number of hydrogen-bond acceptors (Lipinski definition) is 1. The summed E-state index contributed by atoms with van der Waals surface area (Å²) in [5, 5.41) is 0. The summed E-state index contributed by atoms with van der Waals surface area (Å²) in [7, 11) is 0. The summed E-state index contributed by atoms with van der Waals surface area (Å²) in [6.07, 6.45) is 3.60. The fraction of sp³-hybridized carbons (Fsp3) is 0. The molecule has 2 heterocycles. The molecule has 0 N–H and O–H groups in total. The van der Waals surface area contributed by atoms with Gasteiger partial charge >= 0.3 is 0 Å². The van der Waals surface area contributed by atoms with Gasteiger partial charge in [0.05, 0.1) is 22.9 Å². The van der Waals surface area contributed by atoms with Gasteiger partial charge in [-0.05, 0) is 6.07 Å². The second kappa shape index (κ2) is 2.37. The van der Waals surface area contributed by atoms with Gasteiger partial charge in [0.2, 0.25) is 0 Å². The predicted molar refractivity (Wildman–Crippen MR) is 51.1 cm³/mol. The van der Waals surface area contributed by atoms with Gasteiger partial charge < -0.3 is 0 Å². The first kappa shape index (κ1) is 6.90. The molecule has 0 aliphatic heterocycles. The van der Waals surface area contributed by atoms with Crippen molar-refractivity contribution in [2.75, 3.05) is 0 Å². The van der Waals surface area contributed by atoms with Crippen molar-refractivity contribution in [1.29, 1.82) is 0 Å². The first-order chi connectivity index (χ1) is 5.29. The highest BCUT2D eigenvalue weighted by molar-refractivity contribution is 14.1. The monoisotopic (exact) mass is 260 g/mol. The molecule has 3 nitrogen and oxygen atoms in total. The van der Waals surface area contributed by atoms with Crippen LogP contribution < -0.4 is 5.56 Å². The number of nitrogens with zero attached hydrogens (tertiary/aromatic N) is 2. The van der Waals surface area contributed by atoms with Crippen molar-refractivity contribution in [2.45, 2.75) is 0 Å². The molecule has 0 aliphatic carbocycles. The van der Waals surface area contributed by atoms with Crippen LogP contribution in [-0.4, -0.2) is 7.18 Å². The van der Waals surface area contributed by atoms with E-state index in [1.807, 2.05) is 15.0 Å². The zero-order valence-corrected chi connectivity index (χ0v) is 7.72. The van der Waals surface area contributed by atoms with E-state index in [9.17, 15) is 4.79 Å². The van der Waals surface area contributed by atoms with E-state index < -0.39 is 0 Å². The van der Waals surface area contributed by atoms with Gasteiger partial charge in [0, 0.05) is 18.5 Å². The molecule has 0 fully saturated rings. The molecule has 0 atom stereocenters. The minimum Gasteiger partial charge on any atom is -0.274 e. The van der Waals surface area contributed by atoms with E-state index in [4.69, 9.17) is 0 Å². The molecule has 4 heteroatoms. The Balaban J connectivity index is 3.06. The van der Waals surface area contributed by atoms with Crippen LogP contribution >= 0.6 is 22.9 Å². The largest absolute Gasteiger partial charge is 0.274 e. The summed E-state index contributed by atoms with van der Waals surface area (Å²) in [5.41, 5.74) is 0.913. The Hall–Kier alpha value is -0.780. The molecular weight excluding hydrogens is 255 g/mol. The fourth-order valence-corrected chi connectivity index (χ4v) is 1.55. The first-order valence-electron chi connectivity index (χ1n) is 3.14. The molecule has 0 aliphatic rings. The van der Waals surface area contributed by atoms with E-state index in [1.165, 1.54) is 0 Å². The number of rotatable bonds is 0. The van der Waals surface area contributed by atoms with E-state index in [2.05, 4.69) is 22.9 Å². The van der Waals surface area contributed by atoms with Crippen LogP contribution in [0.15, 0.2) is 35.4 Å². The number of imidazole rings is 1. The van der Waals surface area contributed by atoms with Crippen LogP contribution in [0.4, 0.5) is 0 Å². The van der Waals surface area contributed by atoms with Crippen molar-refractivity contribution in [3.05, 3.63) is 40.9 Å². The van der Waals surface area contributed by atoms with Crippen LogP contribution in [0.1, 0.15) is 0 Å². The maximum Gasteiger partial charge on any atom is 0.256 e. The normalized spacial score (nSPS) is 10.6. The second-order valence-corrected chi connectivity index (χ2v) is 3.24. The zero-order chi connectivity index (χ0) is 7.84. The summed E-state index contributed by atoms with van der Waals surface area (Å²) in [6, 6.07) is 5.20. The number of pyridine rings is 1. The average molecular weight is 260 g/mol. The van der Waals surface area contributed by atoms with Gasteiger partial charge in [-0.2, -0.15) is 0 Å². The molecule has 56 valence electrons. The first-order valence-corrected chi connectivity index (χ1v) is 4.10. The standard InChI is InChI=1S/C7H5IN2O/c8-10-5-4-9-6(10)2-1-3-7(9)11/h1-5H. The molecule has 0 amide bonds. The predicted octanol–water partition coefficient (Wildman–Crippen LogP) is 1.30. The van der Waals surface area contributed by atoms with Crippen molar-refractivity contribution < 1.29 is 0 Å².